The third-order valence-corrected chi connectivity index (χ3v) is 4.66. The summed E-state index contributed by atoms with van der Waals surface area (Å²) in [6.07, 6.45) is -1.37. The molecule has 3 rings (SSSR count). The number of amides is 2. The number of fused-ring (bicyclic) bond motifs is 1. The van der Waals surface area contributed by atoms with Gasteiger partial charge in [-0.25, -0.2) is 0 Å². The fraction of sp³-hybridized carbons (Fsp3) is 0.190. The van der Waals surface area contributed by atoms with Crippen molar-refractivity contribution in [3.63, 3.8) is 0 Å². The first-order valence-electron chi connectivity index (χ1n) is 8.82. The lowest BCUT2D eigenvalue weighted by atomic mass is 10.00. The van der Waals surface area contributed by atoms with E-state index in [2.05, 4.69) is 10.3 Å². The molecule has 2 unspecified atom stereocenters. The van der Waals surface area contributed by atoms with E-state index in [0.717, 1.165) is 5.56 Å². The number of nitrogens with two attached hydrogens (primary N) is 1. The molecule has 5 N–H and O–H groups in total. The lowest BCUT2D eigenvalue weighted by Gasteiger charge is -2.22. The summed E-state index contributed by atoms with van der Waals surface area (Å²) in [5.41, 5.74) is 6.66. The van der Waals surface area contributed by atoms with Gasteiger partial charge in [0.1, 0.15) is 5.69 Å². The number of hydrogen-bond donors (Lipinski definition) is 4. The first kappa shape index (κ1) is 19.3. The third kappa shape index (κ3) is 3.94. The van der Waals surface area contributed by atoms with E-state index in [1.54, 1.807) is 31.2 Å². The summed E-state index contributed by atoms with van der Waals surface area (Å²) in [5.74, 6) is -1.54. The molecule has 0 radical (unpaired) electrons. The quantitative estimate of drug-likeness (QED) is 0.510. The Labute approximate surface area is 161 Å². The standard InChI is InChI=1S/C21H21N3O4/c1-12-17(23-15-10-6-5-9-14(15)18(12)25)21(28)24-16(19(26)20(22)27)11-13-7-3-2-4-8-13/h2-10,16,19,26H,11H2,1H3,(H2,22,27)(H,23,25)(H,24,28). The Bertz CT molecular complexity index is 1080. The second kappa shape index (κ2) is 8.06. The topological polar surface area (TPSA) is 125 Å². The van der Waals surface area contributed by atoms with Crippen molar-refractivity contribution in [2.75, 3.05) is 0 Å². The van der Waals surface area contributed by atoms with E-state index in [1.807, 2.05) is 30.3 Å². The molecule has 1 heterocycles. The van der Waals surface area contributed by atoms with E-state index in [9.17, 15) is 19.5 Å². The van der Waals surface area contributed by atoms with E-state index in [4.69, 9.17) is 5.73 Å². The number of aliphatic hydroxyl groups excluding tert-OH is 1. The molecule has 1 aromatic heterocycles. The molecule has 3 aromatic rings. The van der Waals surface area contributed by atoms with Crippen LogP contribution in [0.1, 0.15) is 21.6 Å². The second-order valence-corrected chi connectivity index (χ2v) is 6.62. The van der Waals surface area contributed by atoms with Crippen LogP contribution in [0.4, 0.5) is 0 Å². The molecule has 144 valence electrons. The Kier molecular flexibility index (Phi) is 5.56. The van der Waals surface area contributed by atoms with E-state index < -0.39 is 24.0 Å². The molecule has 28 heavy (non-hydrogen) atoms. The van der Waals surface area contributed by atoms with Gasteiger partial charge < -0.3 is 21.1 Å². The van der Waals surface area contributed by atoms with Gasteiger partial charge in [-0.15, -0.1) is 0 Å². The minimum absolute atomic E-state index is 0.0819. The minimum atomic E-state index is -1.57. The van der Waals surface area contributed by atoms with Gasteiger partial charge in [0.25, 0.3) is 5.91 Å². The molecule has 2 atom stereocenters. The lowest BCUT2D eigenvalue weighted by molar-refractivity contribution is -0.127. The molecular weight excluding hydrogens is 358 g/mol. The van der Waals surface area contributed by atoms with Crippen molar-refractivity contribution in [3.05, 3.63) is 81.6 Å². The molecule has 0 aliphatic heterocycles. The largest absolute Gasteiger partial charge is 0.381 e. The van der Waals surface area contributed by atoms with Crippen LogP contribution < -0.4 is 16.5 Å². The molecule has 0 spiro atoms. The molecule has 2 amide bonds. The molecule has 7 heteroatoms. The third-order valence-electron chi connectivity index (χ3n) is 4.66. The summed E-state index contributed by atoms with van der Waals surface area (Å²) in [6, 6.07) is 15.0. The molecule has 0 saturated carbocycles. The Morgan fingerprint density at radius 1 is 1.11 bits per heavy atom. The smallest absolute Gasteiger partial charge is 0.268 e. The zero-order valence-corrected chi connectivity index (χ0v) is 15.3. The molecule has 0 saturated heterocycles. The van der Waals surface area contributed by atoms with Gasteiger partial charge in [-0.1, -0.05) is 42.5 Å². The molecule has 0 fully saturated rings. The van der Waals surface area contributed by atoms with Crippen LogP contribution in [0.3, 0.4) is 0 Å². The number of H-pyrrole nitrogens is 1. The number of carbonyl (C=O) groups is 2. The summed E-state index contributed by atoms with van der Waals surface area (Å²) in [4.78, 5) is 39.9. The molecule has 7 nitrogen and oxygen atoms in total. The summed E-state index contributed by atoms with van der Waals surface area (Å²) in [7, 11) is 0. The van der Waals surface area contributed by atoms with Gasteiger partial charge in [-0.05, 0) is 31.0 Å². The molecule has 0 bridgehead atoms. The molecular formula is C21H21N3O4. The van der Waals surface area contributed by atoms with Crippen LogP contribution in [-0.2, 0) is 11.2 Å². The van der Waals surface area contributed by atoms with Gasteiger partial charge in [-0.2, -0.15) is 0 Å². The molecule has 2 aromatic carbocycles. The van der Waals surface area contributed by atoms with Crippen LogP contribution in [0.15, 0.2) is 59.4 Å². The fourth-order valence-electron chi connectivity index (χ4n) is 3.11. The summed E-state index contributed by atoms with van der Waals surface area (Å²) in [6.45, 7) is 1.55. The van der Waals surface area contributed by atoms with E-state index in [0.29, 0.717) is 10.9 Å². The zero-order valence-electron chi connectivity index (χ0n) is 15.3. The number of aliphatic hydroxyl groups is 1. The average Bonchev–Trinajstić information content (AvgIpc) is 2.70. The number of carbonyl (C=O) groups excluding carboxylic acids is 2. The number of primary amides is 1. The van der Waals surface area contributed by atoms with Crippen molar-refractivity contribution < 1.29 is 14.7 Å². The van der Waals surface area contributed by atoms with Crippen molar-refractivity contribution in [2.24, 2.45) is 5.73 Å². The fourth-order valence-corrected chi connectivity index (χ4v) is 3.11. The van der Waals surface area contributed by atoms with E-state index in [-0.39, 0.29) is 23.1 Å². The minimum Gasteiger partial charge on any atom is -0.381 e. The monoisotopic (exact) mass is 379 g/mol. The van der Waals surface area contributed by atoms with E-state index in [1.165, 1.54) is 0 Å². The normalized spacial score (nSPS) is 13.1. The summed E-state index contributed by atoms with van der Waals surface area (Å²) < 4.78 is 0. The first-order chi connectivity index (χ1) is 13.4. The number of aromatic amines is 1. The highest BCUT2D eigenvalue weighted by atomic mass is 16.3. The number of aromatic nitrogens is 1. The van der Waals surface area contributed by atoms with Crippen LogP contribution in [-0.4, -0.2) is 34.1 Å². The number of pyridine rings is 1. The average molecular weight is 379 g/mol. The first-order valence-corrected chi connectivity index (χ1v) is 8.82. The maximum atomic E-state index is 12.8. The van der Waals surface area contributed by atoms with Crippen molar-refractivity contribution in [1.82, 2.24) is 10.3 Å². The van der Waals surface area contributed by atoms with Crippen LogP contribution in [0.5, 0.6) is 0 Å². The Balaban J connectivity index is 1.93. The highest BCUT2D eigenvalue weighted by Gasteiger charge is 2.27. The van der Waals surface area contributed by atoms with Crippen LogP contribution in [0.2, 0.25) is 0 Å². The molecule has 0 aliphatic carbocycles. The zero-order chi connectivity index (χ0) is 20.3. The Hall–Kier alpha value is -3.45. The van der Waals surface area contributed by atoms with Gasteiger partial charge >= 0.3 is 0 Å². The number of benzene rings is 2. The summed E-state index contributed by atoms with van der Waals surface area (Å²) in [5, 5.41) is 13.3. The van der Waals surface area contributed by atoms with E-state index >= 15 is 0 Å². The predicted octanol–water partition coefficient (Wildman–Crippen LogP) is 1.02. The molecule has 0 aliphatic rings. The number of hydrogen-bond acceptors (Lipinski definition) is 4. The van der Waals surface area contributed by atoms with Crippen molar-refractivity contribution >= 4 is 22.7 Å². The number of nitrogens with one attached hydrogen (secondary N) is 2. The number of para-hydroxylation sites is 1. The van der Waals surface area contributed by atoms with Crippen molar-refractivity contribution in [2.45, 2.75) is 25.5 Å². The second-order valence-electron chi connectivity index (χ2n) is 6.62. The maximum absolute atomic E-state index is 12.8. The highest BCUT2D eigenvalue weighted by molar-refractivity contribution is 5.97. The number of rotatable bonds is 6. The lowest BCUT2D eigenvalue weighted by Crippen LogP contribution is -2.50. The maximum Gasteiger partial charge on any atom is 0.268 e. The van der Waals surface area contributed by atoms with Gasteiger partial charge in [-0.3, -0.25) is 14.4 Å². The highest BCUT2D eigenvalue weighted by Crippen LogP contribution is 2.12. The predicted molar refractivity (Wildman–Crippen MR) is 106 cm³/mol. The Morgan fingerprint density at radius 3 is 2.43 bits per heavy atom. The van der Waals surface area contributed by atoms with Gasteiger partial charge in [0.2, 0.25) is 5.91 Å². The van der Waals surface area contributed by atoms with Gasteiger partial charge in [0.05, 0.1) is 6.04 Å². The van der Waals surface area contributed by atoms with Gasteiger partial charge in [0.15, 0.2) is 11.5 Å². The van der Waals surface area contributed by atoms with Crippen molar-refractivity contribution in [3.8, 4) is 0 Å². The van der Waals surface area contributed by atoms with Crippen LogP contribution >= 0.6 is 0 Å². The van der Waals surface area contributed by atoms with Crippen LogP contribution in [0.25, 0.3) is 10.9 Å². The SMILES string of the molecule is Cc1c(C(=O)NC(Cc2ccccc2)C(O)C(N)=O)[nH]c2ccccc2c1=O. The Morgan fingerprint density at radius 2 is 1.75 bits per heavy atom. The van der Waals surface area contributed by atoms with Crippen LogP contribution in [0, 0.1) is 6.92 Å². The summed E-state index contributed by atoms with van der Waals surface area (Å²) >= 11 is 0. The van der Waals surface area contributed by atoms with Crippen molar-refractivity contribution in [1.29, 1.82) is 0 Å². The van der Waals surface area contributed by atoms with Gasteiger partial charge in [0, 0.05) is 16.5 Å².